The van der Waals surface area contributed by atoms with Crippen LogP contribution in [0.15, 0.2) is 12.1 Å². The number of fused-ring (bicyclic) bond motifs is 2. The molecule has 1 amide bonds. The minimum Gasteiger partial charge on any atom is -0.323 e. The van der Waals surface area contributed by atoms with Gasteiger partial charge < -0.3 is 5.32 Å². The van der Waals surface area contributed by atoms with Gasteiger partial charge in [-0.2, -0.15) is 0 Å². The van der Waals surface area contributed by atoms with E-state index in [0.717, 1.165) is 12.5 Å². The van der Waals surface area contributed by atoms with Crippen LogP contribution in [0.4, 0.5) is 14.5 Å². The maximum absolute atomic E-state index is 13.4. The molecule has 0 aromatic heterocycles. The lowest BCUT2D eigenvalue weighted by molar-refractivity contribution is -0.123. The van der Waals surface area contributed by atoms with Gasteiger partial charge in [0.25, 0.3) is 0 Å². The van der Waals surface area contributed by atoms with Gasteiger partial charge in [-0.15, -0.1) is 0 Å². The van der Waals surface area contributed by atoms with E-state index < -0.39 is 17.0 Å². The number of benzene rings is 1. The van der Waals surface area contributed by atoms with Crippen LogP contribution in [0.5, 0.6) is 0 Å². The first-order valence-electron chi connectivity index (χ1n) is 4.94. The number of carbonyl (C=O) groups excluding carboxylic acids is 1. The SMILES string of the molecule is O=C1Nc2c(F)cc(F)cc2C12CCC2. The van der Waals surface area contributed by atoms with E-state index >= 15 is 0 Å². The van der Waals surface area contributed by atoms with Crippen LogP contribution in [0.1, 0.15) is 24.8 Å². The van der Waals surface area contributed by atoms with E-state index in [9.17, 15) is 13.6 Å². The number of anilines is 1. The van der Waals surface area contributed by atoms with Gasteiger partial charge in [-0.1, -0.05) is 6.42 Å². The first-order chi connectivity index (χ1) is 7.13. The molecule has 1 aromatic rings. The van der Waals surface area contributed by atoms with Crippen molar-refractivity contribution in [2.24, 2.45) is 0 Å². The Balaban J connectivity index is 2.24. The smallest absolute Gasteiger partial charge is 0.235 e. The number of halogens is 2. The fraction of sp³-hybridized carbons (Fsp3) is 0.364. The van der Waals surface area contributed by atoms with Crippen LogP contribution in [0, 0.1) is 11.6 Å². The van der Waals surface area contributed by atoms with E-state index in [-0.39, 0.29) is 11.6 Å². The Morgan fingerprint density at radius 3 is 2.60 bits per heavy atom. The summed E-state index contributed by atoms with van der Waals surface area (Å²) in [6, 6.07) is 2.08. The Labute approximate surface area is 85.3 Å². The van der Waals surface area contributed by atoms with Crippen LogP contribution < -0.4 is 5.32 Å². The van der Waals surface area contributed by atoms with Crippen LogP contribution in [-0.2, 0) is 10.2 Å². The van der Waals surface area contributed by atoms with E-state index in [0.29, 0.717) is 18.4 Å². The number of carbonyl (C=O) groups is 1. The third kappa shape index (κ3) is 0.940. The fourth-order valence-corrected chi connectivity index (χ4v) is 2.46. The van der Waals surface area contributed by atoms with Gasteiger partial charge in [-0.3, -0.25) is 4.79 Å². The zero-order chi connectivity index (χ0) is 10.6. The molecule has 4 heteroatoms. The molecule has 2 nitrogen and oxygen atoms in total. The summed E-state index contributed by atoms with van der Waals surface area (Å²) in [6.07, 6.45) is 2.31. The third-order valence-electron chi connectivity index (χ3n) is 3.45. The molecule has 0 bridgehead atoms. The number of hydrogen-bond acceptors (Lipinski definition) is 1. The Bertz CT molecular complexity index is 466. The summed E-state index contributed by atoms with van der Waals surface area (Å²) in [5.74, 6) is -1.48. The highest BCUT2D eigenvalue weighted by Crippen LogP contribution is 2.51. The summed E-state index contributed by atoms with van der Waals surface area (Å²) < 4.78 is 26.4. The van der Waals surface area contributed by atoms with Gasteiger partial charge in [0, 0.05) is 6.07 Å². The molecule has 2 aliphatic rings. The minimum absolute atomic E-state index is 0.168. The van der Waals surface area contributed by atoms with Crippen LogP contribution in [0.25, 0.3) is 0 Å². The number of rotatable bonds is 0. The lowest BCUT2D eigenvalue weighted by atomic mass is 9.65. The van der Waals surface area contributed by atoms with E-state index in [2.05, 4.69) is 5.32 Å². The lowest BCUT2D eigenvalue weighted by Crippen LogP contribution is -2.40. The number of hydrogen-bond donors (Lipinski definition) is 1. The summed E-state index contributed by atoms with van der Waals surface area (Å²) in [7, 11) is 0. The highest BCUT2D eigenvalue weighted by atomic mass is 19.1. The molecule has 1 N–H and O–H groups in total. The maximum atomic E-state index is 13.4. The largest absolute Gasteiger partial charge is 0.323 e. The summed E-state index contributed by atoms with van der Waals surface area (Å²) >= 11 is 0. The molecule has 1 aliphatic heterocycles. The third-order valence-corrected chi connectivity index (χ3v) is 3.45. The van der Waals surface area contributed by atoms with Gasteiger partial charge >= 0.3 is 0 Å². The molecule has 1 spiro atoms. The van der Waals surface area contributed by atoms with Gasteiger partial charge in [-0.05, 0) is 24.5 Å². The monoisotopic (exact) mass is 209 g/mol. The summed E-state index contributed by atoms with van der Waals surface area (Å²) in [6.45, 7) is 0. The topological polar surface area (TPSA) is 29.1 Å². The van der Waals surface area contributed by atoms with Crippen molar-refractivity contribution in [3.05, 3.63) is 29.3 Å². The normalized spacial score (nSPS) is 21.1. The summed E-state index contributed by atoms with van der Waals surface area (Å²) in [5.41, 5.74) is 0.0236. The highest BCUT2D eigenvalue weighted by Gasteiger charge is 2.52. The van der Waals surface area contributed by atoms with Crippen molar-refractivity contribution in [2.75, 3.05) is 5.32 Å². The second-order valence-electron chi connectivity index (χ2n) is 4.20. The minimum atomic E-state index is -0.679. The molecule has 0 unspecified atom stereocenters. The second-order valence-corrected chi connectivity index (χ2v) is 4.20. The fourth-order valence-electron chi connectivity index (χ4n) is 2.46. The average molecular weight is 209 g/mol. The van der Waals surface area contributed by atoms with Crippen molar-refractivity contribution in [1.82, 2.24) is 0 Å². The molecule has 1 heterocycles. The quantitative estimate of drug-likeness (QED) is 0.698. The molecular formula is C11H9F2NO. The van der Waals surface area contributed by atoms with Crippen LogP contribution in [0.3, 0.4) is 0 Å². The molecule has 1 fully saturated rings. The zero-order valence-electron chi connectivity index (χ0n) is 7.94. The van der Waals surface area contributed by atoms with E-state index in [4.69, 9.17) is 0 Å². The Kier molecular flexibility index (Phi) is 1.51. The molecule has 78 valence electrons. The summed E-state index contributed by atoms with van der Waals surface area (Å²) in [5, 5.41) is 2.51. The predicted molar refractivity (Wildman–Crippen MR) is 50.5 cm³/mol. The molecule has 3 rings (SSSR count). The second kappa shape index (κ2) is 2.56. The maximum Gasteiger partial charge on any atom is 0.235 e. The molecule has 0 atom stereocenters. The van der Waals surface area contributed by atoms with Crippen molar-refractivity contribution >= 4 is 11.6 Å². The standard InChI is InChI=1S/C11H9F2NO/c12-6-4-7-9(8(13)5-6)14-10(15)11(7)2-1-3-11/h4-5H,1-3H2,(H,14,15). The Morgan fingerprint density at radius 1 is 1.27 bits per heavy atom. The van der Waals surface area contributed by atoms with Gasteiger partial charge in [0.2, 0.25) is 5.91 Å². The lowest BCUT2D eigenvalue weighted by Gasteiger charge is -2.35. The van der Waals surface area contributed by atoms with Gasteiger partial charge in [-0.25, -0.2) is 8.78 Å². The zero-order valence-corrected chi connectivity index (χ0v) is 7.94. The van der Waals surface area contributed by atoms with Crippen molar-refractivity contribution < 1.29 is 13.6 Å². The van der Waals surface area contributed by atoms with Crippen LogP contribution >= 0.6 is 0 Å². The van der Waals surface area contributed by atoms with Crippen LogP contribution in [-0.4, -0.2) is 5.91 Å². The first-order valence-corrected chi connectivity index (χ1v) is 4.94. The van der Waals surface area contributed by atoms with E-state index in [1.165, 1.54) is 6.07 Å². The molecule has 15 heavy (non-hydrogen) atoms. The van der Waals surface area contributed by atoms with Gasteiger partial charge in [0.15, 0.2) is 0 Å². The van der Waals surface area contributed by atoms with Crippen molar-refractivity contribution in [1.29, 1.82) is 0 Å². The van der Waals surface area contributed by atoms with Gasteiger partial charge in [0.05, 0.1) is 11.1 Å². The van der Waals surface area contributed by atoms with Crippen molar-refractivity contribution in [3.8, 4) is 0 Å². The summed E-state index contributed by atoms with van der Waals surface area (Å²) in [4.78, 5) is 11.7. The number of amides is 1. The molecular weight excluding hydrogens is 200 g/mol. The average Bonchev–Trinajstić information content (AvgIpc) is 2.37. The Morgan fingerprint density at radius 2 is 2.00 bits per heavy atom. The molecule has 1 aliphatic carbocycles. The van der Waals surface area contributed by atoms with Gasteiger partial charge in [0.1, 0.15) is 11.6 Å². The molecule has 1 aromatic carbocycles. The van der Waals surface area contributed by atoms with E-state index in [1.54, 1.807) is 0 Å². The van der Waals surface area contributed by atoms with Crippen molar-refractivity contribution in [2.45, 2.75) is 24.7 Å². The molecule has 1 saturated carbocycles. The van der Waals surface area contributed by atoms with Crippen molar-refractivity contribution in [3.63, 3.8) is 0 Å². The highest BCUT2D eigenvalue weighted by molar-refractivity contribution is 6.07. The predicted octanol–water partition coefficient (Wildman–Crippen LogP) is 2.34. The Hall–Kier alpha value is -1.45. The molecule has 0 radical (unpaired) electrons. The van der Waals surface area contributed by atoms with Crippen LogP contribution in [0.2, 0.25) is 0 Å². The molecule has 0 saturated heterocycles. The van der Waals surface area contributed by atoms with E-state index in [1.807, 2.05) is 0 Å². The first kappa shape index (κ1) is 8.83. The number of nitrogens with one attached hydrogen (secondary N) is 1.